The third kappa shape index (κ3) is 4.84. The van der Waals surface area contributed by atoms with Gasteiger partial charge in [-0.25, -0.2) is 13.1 Å². The first kappa shape index (κ1) is 18.2. The molecule has 122 valence electrons. The number of sulfonamides is 1. The average molecular weight is 326 g/mol. The molecule has 0 fully saturated rings. The standard InChI is InChI=1S/C15H22N2O4S/c1-5-11(3)14(16-12(4)18)15(19)17-22(20,21)13-8-6-10(2)7-9-13/h6-9,11,14H,5H2,1-4H3,(H,16,18)(H,17,19). The molecule has 6 nitrogen and oxygen atoms in total. The Bertz CT molecular complexity index is 638. The Balaban J connectivity index is 2.96. The van der Waals surface area contributed by atoms with E-state index in [9.17, 15) is 18.0 Å². The Labute approximate surface area is 131 Å². The van der Waals surface area contributed by atoms with Gasteiger partial charge in [0.25, 0.3) is 15.9 Å². The minimum Gasteiger partial charge on any atom is -0.344 e. The maximum atomic E-state index is 12.2. The zero-order valence-electron chi connectivity index (χ0n) is 13.2. The molecule has 2 unspecified atom stereocenters. The molecule has 0 radical (unpaired) electrons. The van der Waals surface area contributed by atoms with Crippen LogP contribution in [-0.2, 0) is 19.6 Å². The molecule has 22 heavy (non-hydrogen) atoms. The van der Waals surface area contributed by atoms with E-state index in [0.717, 1.165) is 5.56 Å². The van der Waals surface area contributed by atoms with Gasteiger partial charge in [0.2, 0.25) is 5.91 Å². The molecule has 0 heterocycles. The summed E-state index contributed by atoms with van der Waals surface area (Å²) in [6.45, 7) is 6.77. The lowest BCUT2D eigenvalue weighted by Gasteiger charge is -2.22. The summed E-state index contributed by atoms with van der Waals surface area (Å²) < 4.78 is 26.5. The van der Waals surface area contributed by atoms with Gasteiger partial charge in [-0.2, -0.15) is 0 Å². The first-order valence-electron chi connectivity index (χ1n) is 7.07. The molecule has 0 aromatic heterocycles. The summed E-state index contributed by atoms with van der Waals surface area (Å²) in [6, 6.07) is 5.28. The van der Waals surface area contributed by atoms with Gasteiger partial charge in [-0.3, -0.25) is 9.59 Å². The number of hydrogen-bond donors (Lipinski definition) is 2. The molecule has 0 bridgehead atoms. The lowest BCUT2D eigenvalue weighted by Crippen LogP contribution is -2.51. The van der Waals surface area contributed by atoms with E-state index in [4.69, 9.17) is 0 Å². The van der Waals surface area contributed by atoms with Crippen molar-refractivity contribution in [3.05, 3.63) is 29.8 Å². The maximum Gasteiger partial charge on any atom is 0.264 e. The second-order valence-corrected chi connectivity index (χ2v) is 7.03. The normalized spacial score (nSPS) is 14.0. The van der Waals surface area contributed by atoms with Crippen LogP contribution in [0.15, 0.2) is 29.2 Å². The van der Waals surface area contributed by atoms with Gasteiger partial charge >= 0.3 is 0 Å². The number of carbonyl (C=O) groups excluding carboxylic acids is 2. The van der Waals surface area contributed by atoms with E-state index in [1.165, 1.54) is 19.1 Å². The van der Waals surface area contributed by atoms with Gasteiger partial charge in [0.1, 0.15) is 6.04 Å². The second-order valence-electron chi connectivity index (χ2n) is 5.35. The van der Waals surface area contributed by atoms with Crippen molar-refractivity contribution in [1.29, 1.82) is 0 Å². The zero-order chi connectivity index (χ0) is 16.9. The fourth-order valence-electron chi connectivity index (χ4n) is 1.89. The number of benzene rings is 1. The maximum absolute atomic E-state index is 12.2. The predicted molar refractivity (Wildman–Crippen MR) is 83.6 cm³/mol. The summed E-state index contributed by atoms with van der Waals surface area (Å²) >= 11 is 0. The summed E-state index contributed by atoms with van der Waals surface area (Å²) in [7, 11) is -3.95. The number of carbonyl (C=O) groups is 2. The minimum absolute atomic E-state index is 0.0113. The third-order valence-electron chi connectivity index (χ3n) is 3.42. The SMILES string of the molecule is CCC(C)C(NC(C)=O)C(=O)NS(=O)(=O)c1ccc(C)cc1. The molecule has 1 rings (SSSR count). The van der Waals surface area contributed by atoms with Crippen LogP contribution in [0.5, 0.6) is 0 Å². The highest BCUT2D eigenvalue weighted by molar-refractivity contribution is 7.90. The van der Waals surface area contributed by atoms with E-state index in [1.54, 1.807) is 19.1 Å². The van der Waals surface area contributed by atoms with E-state index in [2.05, 4.69) is 5.32 Å². The Morgan fingerprint density at radius 1 is 1.18 bits per heavy atom. The van der Waals surface area contributed by atoms with Crippen molar-refractivity contribution in [3.63, 3.8) is 0 Å². The highest BCUT2D eigenvalue weighted by Crippen LogP contribution is 2.12. The van der Waals surface area contributed by atoms with E-state index >= 15 is 0 Å². The lowest BCUT2D eigenvalue weighted by atomic mass is 9.99. The molecule has 2 atom stereocenters. The molecule has 7 heteroatoms. The molecule has 2 amide bonds. The quantitative estimate of drug-likeness (QED) is 0.825. The van der Waals surface area contributed by atoms with Crippen LogP contribution in [0.1, 0.15) is 32.8 Å². The van der Waals surface area contributed by atoms with Crippen LogP contribution in [0.25, 0.3) is 0 Å². The highest BCUT2D eigenvalue weighted by Gasteiger charge is 2.28. The minimum atomic E-state index is -3.95. The van der Waals surface area contributed by atoms with Gasteiger partial charge in [-0.05, 0) is 25.0 Å². The fourth-order valence-corrected chi connectivity index (χ4v) is 2.90. The summed E-state index contributed by atoms with van der Waals surface area (Å²) in [6.07, 6.45) is 0.628. The largest absolute Gasteiger partial charge is 0.344 e. The van der Waals surface area contributed by atoms with Crippen molar-refractivity contribution < 1.29 is 18.0 Å². The molecular weight excluding hydrogens is 304 g/mol. The topological polar surface area (TPSA) is 92.3 Å². The van der Waals surface area contributed by atoms with Crippen LogP contribution in [0.2, 0.25) is 0 Å². The Hall–Kier alpha value is -1.89. The number of amides is 2. The van der Waals surface area contributed by atoms with Crippen LogP contribution in [-0.4, -0.2) is 26.3 Å². The van der Waals surface area contributed by atoms with E-state index < -0.39 is 22.0 Å². The average Bonchev–Trinajstić information content (AvgIpc) is 2.43. The monoisotopic (exact) mass is 326 g/mol. The third-order valence-corrected chi connectivity index (χ3v) is 4.78. The van der Waals surface area contributed by atoms with Crippen molar-refractivity contribution in [2.75, 3.05) is 0 Å². The van der Waals surface area contributed by atoms with Crippen LogP contribution in [0.3, 0.4) is 0 Å². The lowest BCUT2D eigenvalue weighted by molar-refractivity contribution is -0.128. The highest BCUT2D eigenvalue weighted by atomic mass is 32.2. The molecule has 0 saturated carbocycles. The van der Waals surface area contributed by atoms with Gasteiger partial charge in [-0.15, -0.1) is 0 Å². The second kappa shape index (κ2) is 7.40. The molecule has 0 spiro atoms. The van der Waals surface area contributed by atoms with Crippen LogP contribution >= 0.6 is 0 Å². The number of rotatable bonds is 6. The molecule has 1 aromatic carbocycles. The van der Waals surface area contributed by atoms with Crippen molar-refractivity contribution in [3.8, 4) is 0 Å². The first-order chi connectivity index (χ1) is 10.2. The van der Waals surface area contributed by atoms with Gasteiger partial charge in [0.15, 0.2) is 0 Å². The predicted octanol–water partition coefficient (Wildman–Crippen LogP) is 1.35. The van der Waals surface area contributed by atoms with Crippen molar-refractivity contribution in [2.45, 2.75) is 45.1 Å². The summed E-state index contributed by atoms with van der Waals surface area (Å²) in [5, 5.41) is 2.50. The van der Waals surface area contributed by atoms with Crippen molar-refractivity contribution in [1.82, 2.24) is 10.0 Å². The van der Waals surface area contributed by atoms with Crippen LogP contribution in [0.4, 0.5) is 0 Å². The van der Waals surface area contributed by atoms with Crippen molar-refractivity contribution in [2.24, 2.45) is 5.92 Å². The molecule has 0 aliphatic rings. The van der Waals surface area contributed by atoms with Crippen LogP contribution < -0.4 is 10.0 Å². The Kier molecular flexibility index (Phi) is 6.11. The number of aryl methyl sites for hydroxylation is 1. The molecule has 0 aliphatic carbocycles. The smallest absolute Gasteiger partial charge is 0.264 e. The first-order valence-corrected chi connectivity index (χ1v) is 8.56. The van der Waals surface area contributed by atoms with Gasteiger partial charge in [-0.1, -0.05) is 38.0 Å². The van der Waals surface area contributed by atoms with Crippen LogP contribution in [0, 0.1) is 12.8 Å². The van der Waals surface area contributed by atoms with Crippen molar-refractivity contribution >= 4 is 21.8 Å². The van der Waals surface area contributed by atoms with Gasteiger partial charge in [0.05, 0.1) is 4.90 Å². The number of nitrogens with one attached hydrogen (secondary N) is 2. The Morgan fingerprint density at radius 3 is 2.18 bits per heavy atom. The fraction of sp³-hybridized carbons (Fsp3) is 0.467. The summed E-state index contributed by atoms with van der Waals surface area (Å²) in [5.74, 6) is -1.30. The summed E-state index contributed by atoms with van der Waals surface area (Å²) in [4.78, 5) is 23.5. The Morgan fingerprint density at radius 2 is 1.73 bits per heavy atom. The molecule has 2 N–H and O–H groups in total. The van der Waals surface area contributed by atoms with E-state index in [-0.39, 0.29) is 16.7 Å². The van der Waals surface area contributed by atoms with Gasteiger partial charge in [0, 0.05) is 6.92 Å². The zero-order valence-corrected chi connectivity index (χ0v) is 14.0. The van der Waals surface area contributed by atoms with E-state index in [1.807, 2.05) is 18.6 Å². The van der Waals surface area contributed by atoms with Gasteiger partial charge < -0.3 is 5.32 Å². The molecule has 0 saturated heterocycles. The summed E-state index contributed by atoms with van der Waals surface area (Å²) in [5.41, 5.74) is 0.918. The molecular formula is C15H22N2O4S. The molecule has 0 aliphatic heterocycles. The number of hydrogen-bond acceptors (Lipinski definition) is 4. The molecule has 1 aromatic rings. The van der Waals surface area contributed by atoms with E-state index in [0.29, 0.717) is 6.42 Å².